The van der Waals surface area contributed by atoms with Gasteiger partial charge in [-0.05, 0) is 12.0 Å². The van der Waals surface area contributed by atoms with Crippen molar-refractivity contribution in [2.24, 2.45) is 13.0 Å². The van der Waals surface area contributed by atoms with Gasteiger partial charge in [-0.2, -0.15) is 5.10 Å². The summed E-state index contributed by atoms with van der Waals surface area (Å²) in [7, 11) is 1.76. The third-order valence-corrected chi connectivity index (χ3v) is 4.95. The molecule has 0 spiro atoms. The lowest BCUT2D eigenvalue weighted by molar-refractivity contribution is -0.119. The van der Waals surface area contributed by atoms with Crippen molar-refractivity contribution in [3.8, 4) is 0 Å². The number of nitrogens with one attached hydrogen (secondary N) is 2. The van der Waals surface area contributed by atoms with Gasteiger partial charge in [0.1, 0.15) is 5.82 Å². The molecule has 1 aliphatic rings. The average Bonchev–Trinajstić information content (AvgIpc) is 2.84. The number of aromatic nitrogens is 2. The predicted molar refractivity (Wildman–Crippen MR) is 95.9 cm³/mol. The fraction of sp³-hybridized carbons (Fsp3) is 0.353. The fourth-order valence-electron chi connectivity index (χ4n) is 2.66. The topological polar surface area (TPSA) is 76.0 Å². The van der Waals surface area contributed by atoms with Crippen LogP contribution in [0.1, 0.15) is 18.1 Å². The molecule has 1 aliphatic heterocycles. The summed E-state index contributed by atoms with van der Waals surface area (Å²) in [5, 5.41) is 10.0. The van der Waals surface area contributed by atoms with Gasteiger partial charge in [-0.1, -0.05) is 37.3 Å². The van der Waals surface area contributed by atoms with E-state index in [9.17, 15) is 9.59 Å². The number of nitrogens with zero attached hydrogens (tertiary/aromatic N) is 2. The van der Waals surface area contributed by atoms with Gasteiger partial charge in [0.15, 0.2) is 5.82 Å². The second-order valence-electron chi connectivity index (χ2n) is 5.92. The third-order valence-electron chi connectivity index (χ3n) is 3.95. The molecule has 1 aromatic carbocycles. The average molecular weight is 344 g/mol. The Hall–Kier alpha value is -2.28. The van der Waals surface area contributed by atoms with Crippen LogP contribution in [0, 0.1) is 5.92 Å². The molecular formula is C17H20N4O2S. The normalized spacial score (nSPS) is 16.4. The lowest BCUT2D eigenvalue weighted by Crippen LogP contribution is -2.28. The van der Waals surface area contributed by atoms with Crippen molar-refractivity contribution < 1.29 is 9.59 Å². The minimum atomic E-state index is -0.121. The molecule has 2 N–H and O–H groups in total. The number of hydrogen-bond acceptors (Lipinski definition) is 4. The smallest absolute Gasteiger partial charge is 0.235 e. The van der Waals surface area contributed by atoms with Crippen LogP contribution in [0.3, 0.4) is 0 Å². The molecule has 7 heteroatoms. The van der Waals surface area contributed by atoms with Gasteiger partial charge in [-0.25, -0.2) is 0 Å². The first-order chi connectivity index (χ1) is 11.5. The van der Waals surface area contributed by atoms with E-state index in [2.05, 4.69) is 15.7 Å². The second-order valence-corrected chi connectivity index (χ2v) is 6.91. The van der Waals surface area contributed by atoms with Crippen LogP contribution >= 0.6 is 11.8 Å². The van der Waals surface area contributed by atoms with E-state index in [0.29, 0.717) is 23.8 Å². The minimum absolute atomic E-state index is 0.0122. The van der Waals surface area contributed by atoms with Gasteiger partial charge in [-0.15, -0.1) is 11.8 Å². The van der Waals surface area contributed by atoms with Gasteiger partial charge in [0.2, 0.25) is 11.8 Å². The quantitative estimate of drug-likeness (QED) is 0.873. The summed E-state index contributed by atoms with van der Waals surface area (Å²) in [6.07, 6.45) is 0.585. The molecule has 0 saturated carbocycles. The van der Waals surface area contributed by atoms with Crippen LogP contribution < -0.4 is 10.6 Å². The number of thioether (sulfide) groups is 1. The van der Waals surface area contributed by atoms with Crippen molar-refractivity contribution >= 4 is 35.2 Å². The number of aryl methyl sites for hydroxylation is 1. The lowest BCUT2D eigenvalue weighted by Gasteiger charge is -2.19. The van der Waals surface area contributed by atoms with E-state index in [-0.39, 0.29) is 17.7 Å². The Morgan fingerprint density at radius 1 is 1.42 bits per heavy atom. The first kappa shape index (κ1) is 16.6. The molecule has 24 heavy (non-hydrogen) atoms. The Morgan fingerprint density at radius 3 is 2.92 bits per heavy atom. The Morgan fingerprint density at radius 2 is 2.17 bits per heavy atom. The highest BCUT2D eigenvalue weighted by molar-refractivity contribution is 7.99. The SMILES string of the molecule is CC1Cc2c(NC(=O)CSCc3ccccc3)nn(C)c2NC1=O. The summed E-state index contributed by atoms with van der Waals surface area (Å²) >= 11 is 1.56. The molecule has 0 aliphatic carbocycles. The lowest BCUT2D eigenvalue weighted by atomic mass is 9.98. The number of anilines is 2. The highest BCUT2D eigenvalue weighted by atomic mass is 32.2. The molecule has 2 heterocycles. The van der Waals surface area contributed by atoms with Crippen LogP contribution in [0.5, 0.6) is 0 Å². The Bertz CT molecular complexity index is 757. The molecule has 1 atom stereocenters. The fourth-order valence-corrected chi connectivity index (χ4v) is 3.45. The zero-order valence-corrected chi connectivity index (χ0v) is 14.5. The first-order valence-electron chi connectivity index (χ1n) is 7.83. The predicted octanol–water partition coefficient (Wildman–Crippen LogP) is 2.42. The van der Waals surface area contributed by atoms with Crippen molar-refractivity contribution in [1.29, 1.82) is 0 Å². The van der Waals surface area contributed by atoms with E-state index in [4.69, 9.17) is 0 Å². The van der Waals surface area contributed by atoms with E-state index >= 15 is 0 Å². The highest BCUT2D eigenvalue weighted by Gasteiger charge is 2.29. The maximum absolute atomic E-state index is 12.2. The molecule has 1 unspecified atom stereocenters. The van der Waals surface area contributed by atoms with Crippen LogP contribution in [0.25, 0.3) is 0 Å². The van der Waals surface area contributed by atoms with Gasteiger partial charge in [0.25, 0.3) is 0 Å². The summed E-state index contributed by atoms with van der Waals surface area (Å²) in [6.45, 7) is 1.87. The van der Waals surface area contributed by atoms with Gasteiger partial charge in [-0.3, -0.25) is 14.3 Å². The van der Waals surface area contributed by atoms with E-state index in [1.54, 1.807) is 23.5 Å². The summed E-state index contributed by atoms with van der Waals surface area (Å²) < 4.78 is 1.60. The van der Waals surface area contributed by atoms with Gasteiger partial charge >= 0.3 is 0 Å². The zero-order chi connectivity index (χ0) is 17.1. The Kier molecular flexibility index (Phi) is 4.89. The largest absolute Gasteiger partial charge is 0.310 e. The molecule has 0 saturated heterocycles. The molecule has 1 aromatic heterocycles. The van der Waals surface area contributed by atoms with Gasteiger partial charge in [0.05, 0.1) is 5.75 Å². The van der Waals surface area contributed by atoms with Crippen LogP contribution in [-0.4, -0.2) is 27.3 Å². The van der Waals surface area contributed by atoms with Gasteiger partial charge < -0.3 is 10.6 Å². The zero-order valence-electron chi connectivity index (χ0n) is 13.7. The van der Waals surface area contributed by atoms with E-state index in [1.165, 1.54) is 5.56 Å². The number of carbonyl (C=O) groups is 2. The third kappa shape index (κ3) is 3.62. The second kappa shape index (κ2) is 7.09. The van der Waals surface area contributed by atoms with E-state index in [0.717, 1.165) is 11.3 Å². The summed E-state index contributed by atoms with van der Waals surface area (Å²) in [4.78, 5) is 23.9. The highest BCUT2D eigenvalue weighted by Crippen LogP contribution is 2.31. The molecule has 0 bridgehead atoms. The maximum atomic E-state index is 12.2. The van der Waals surface area contributed by atoms with E-state index in [1.807, 2.05) is 37.3 Å². The van der Waals surface area contributed by atoms with Crippen LogP contribution in [0.2, 0.25) is 0 Å². The monoisotopic (exact) mass is 344 g/mol. The molecule has 2 aromatic rings. The number of carbonyl (C=O) groups excluding carboxylic acids is 2. The number of hydrogen-bond donors (Lipinski definition) is 2. The van der Waals surface area contributed by atoms with Crippen molar-refractivity contribution in [2.45, 2.75) is 19.1 Å². The number of rotatable bonds is 5. The van der Waals surface area contributed by atoms with Crippen molar-refractivity contribution in [3.05, 3.63) is 41.5 Å². The maximum Gasteiger partial charge on any atom is 0.235 e. The van der Waals surface area contributed by atoms with Crippen LogP contribution in [0.15, 0.2) is 30.3 Å². The molecule has 2 amide bonds. The number of fused-ring (bicyclic) bond motifs is 1. The molecule has 126 valence electrons. The molecule has 6 nitrogen and oxygen atoms in total. The van der Waals surface area contributed by atoms with Crippen LogP contribution in [0.4, 0.5) is 11.6 Å². The summed E-state index contributed by atoms with van der Waals surface area (Å²) in [6, 6.07) is 10.1. The first-order valence-corrected chi connectivity index (χ1v) is 8.98. The molecular weight excluding hydrogens is 324 g/mol. The summed E-state index contributed by atoms with van der Waals surface area (Å²) in [5.74, 6) is 2.16. The van der Waals surface area contributed by atoms with Crippen LogP contribution in [-0.2, 0) is 28.8 Å². The van der Waals surface area contributed by atoms with E-state index < -0.39 is 0 Å². The van der Waals surface area contributed by atoms with Gasteiger partial charge in [0, 0.05) is 24.3 Å². The Labute approximate surface area is 145 Å². The molecule has 3 rings (SSSR count). The minimum Gasteiger partial charge on any atom is -0.310 e. The summed E-state index contributed by atoms with van der Waals surface area (Å²) in [5.41, 5.74) is 2.09. The molecule has 0 radical (unpaired) electrons. The Balaban J connectivity index is 1.59. The standard InChI is InChI=1S/C17H20N4O2S/c1-11-8-13-15(20-21(2)16(13)19-17(11)23)18-14(22)10-24-9-12-6-4-3-5-7-12/h3-7,11H,8-10H2,1-2H3,(H,19,23)(H,18,20,22). The number of amides is 2. The molecule has 0 fully saturated rings. The van der Waals surface area contributed by atoms with Crippen molar-refractivity contribution in [3.63, 3.8) is 0 Å². The van der Waals surface area contributed by atoms with Crippen molar-refractivity contribution in [2.75, 3.05) is 16.4 Å². The number of benzene rings is 1. The van der Waals surface area contributed by atoms with Crippen molar-refractivity contribution in [1.82, 2.24) is 9.78 Å².